The Hall–Kier alpha value is -5.48. The van der Waals surface area contributed by atoms with Gasteiger partial charge in [-0.05, 0) is 54.6 Å². The van der Waals surface area contributed by atoms with Crippen LogP contribution >= 0.6 is 0 Å². The van der Waals surface area contributed by atoms with Crippen LogP contribution in [0.5, 0.6) is 0 Å². The lowest BCUT2D eigenvalue weighted by molar-refractivity contribution is -0.130. The first-order valence-corrected chi connectivity index (χ1v) is 12.8. The van der Waals surface area contributed by atoms with Crippen LogP contribution in [0.25, 0.3) is 10.9 Å². The van der Waals surface area contributed by atoms with Crippen LogP contribution in [0.1, 0.15) is 23.2 Å². The molecule has 2 heterocycles. The Kier molecular flexibility index (Phi) is 7.79. The van der Waals surface area contributed by atoms with Crippen molar-refractivity contribution in [2.45, 2.75) is 12.8 Å². The molecule has 2 N–H and O–H groups in total. The minimum atomic E-state index is -0.207. The number of piperazine rings is 1. The molecule has 0 bridgehead atoms. The number of ketones is 1. The topological polar surface area (TPSA) is 138 Å². The van der Waals surface area contributed by atoms with Crippen molar-refractivity contribution >= 4 is 51.3 Å². The fraction of sp³-hybridized carbons (Fsp3) is 0.200. The highest BCUT2D eigenvalue weighted by atomic mass is 16.2. The molecule has 40 heavy (non-hydrogen) atoms. The highest BCUT2D eigenvalue weighted by Gasteiger charge is 2.21. The number of nitriles is 2. The average Bonchev–Trinajstić information content (AvgIpc) is 2.98. The third-order valence-electron chi connectivity index (χ3n) is 6.69. The molecule has 1 aliphatic rings. The van der Waals surface area contributed by atoms with E-state index in [-0.39, 0.29) is 24.5 Å². The summed E-state index contributed by atoms with van der Waals surface area (Å²) in [5, 5.41) is 25.0. The van der Waals surface area contributed by atoms with Crippen molar-refractivity contribution in [2.75, 3.05) is 41.7 Å². The van der Waals surface area contributed by atoms with Crippen LogP contribution in [0.3, 0.4) is 0 Å². The summed E-state index contributed by atoms with van der Waals surface area (Å²) in [6.45, 7) is 2.63. The molecule has 0 atom stereocenters. The van der Waals surface area contributed by atoms with Crippen molar-refractivity contribution in [3.8, 4) is 12.1 Å². The van der Waals surface area contributed by atoms with Gasteiger partial charge in [-0.15, -0.1) is 0 Å². The molecule has 10 nitrogen and oxygen atoms in total. The van der Waals surface area contributed by atoms with Gasteiger partial charge >= 0.3 is 0 Å². The summed E-state index contributed by atoms with van der Waals surface area (Å²) in [7, 11) is 0. The maximum atomic E-state index is 11.9. The second-order valence-corrected chi connectivity index (χ2v) is 9.27. The normalized spacial score (nSPS) is 12.8. The molecule has 1 amide bonds. The number of hydrogen-bond acceptors (Lipinski definition) is 9. The van der Waals surface area contributed by atoms with E-state index in [0.717, 1.165) is 33.7 Å². The van der Waals surface area contributed by atoms with Crippen LogP contribution in [-0.4, -0.2) is 52.7 Å². The van der Waals surface area contributed by atoms with Gasteiger partial charge in [0.05, 0.1) is 29.8 Å². The molecule has 4 aromatic rings. The number of rotatable bonds is 8. The minimum Gasteiger partial charge on any atom is -0.368 e. The van der Waals surface area contributed by atoms with Crippen molar-refractivity contribution in [1.29, 1.82) is 10.5 Å². The predicted octanol–water partition coefficient (Wildman–Crippen LogP) is 4.78. The number of aromatic nitrogens is 2. The number of nitrogens with one attached hydrogen (secondary N) is 2. The Morgan fingerprint density at radius 2 is 1.50 bits per heavy atom. The molecule has 3 aromatic carbocycles. The van der Waals surface area contributed by atoms with Gasteiger partial charge in [0, 0.05) is 60.4 Å². The molecule has 10 heteroatoms. The fourth-order valence-corrected chi connectivity index (χ4v) is 4.56. The van der Waals surface area contributed by atoms with Gasteiger partial charge in [-0.1, -0.05) is 12.1 Å². The number of anilines is 5. The van der Waals surface area contributed by atoms with Gasteiger partial charge in [0.1, 0.15) is 6.42 Å². The molecule has 198 valence electrons. The summed E-state index contributed by atoms with van der Waals surface area (Å²) in [6, 6.07) is 24.6. The quantitative estimate of drug-likeness (QED) is 0.308. The average molecular weight is 531 g/mol. The van der Waals surface area contributed by atoms with E-state index in [1.165, 1.54) is 0 Å². The largest absolute Gasteiger partial charge is 0.368 e. The molecule has 0 radical (unpaired) electrons. The molecule has 1 aromatic heterocycles. The molecular weight excluding hydrogens is 504 g/mol. The van der Waals surface area contributed by atoms with E-state index in [1.807, 2.05) is 54.6 Å². The minimum absolute atomic E-state index is 0.0752. The van der Waals surface area contributed by atoms with E-state index >= 15 is 0 Å². The number of carbonyl (C=O) groups excluding carboxylic acids is 2. The van der Waals surface area contributed by atoms with Crippen LogP contribution in [0.2, 0.25) is 0 Å². The van der Waals surface area contributed by atoms with Gasteiger partial charge in [-0.3, -0.25) is 9.59 Å². The highest BCUT2D eigenvalue weighted by molar-refractivity contribution is 5.98. The zero-order valence-corrected chi connectivity index (χ0v) is 21.7. The second kappa shape index (κ2) is 11.9. The maximum Gasteiger partial charge on any atom is 0.236 e. The van der Waals surface area contributed by atoms with E-state index in [0.29, 0.717) is 37.7 Å². The smallest absolute Gasteiger partial charge is 0.236 e. The van der Waals surface area contributed by atoms with Gasteiger partial charge in [-0.25, -0.2) is 9.97 Å². The summed E-state index contributed by atoms with van der Waals surface area (Å²) in [4.78, 5) is 37.1. The Morgan fingerprint density at radius 1 is 0.825 bits per heavy atom. The van der Waals surface area contributed by atoms with Crippen molar-refractivity contribution in [2.24, 2.45) is 0 Å². The van der Waals surface area contributed by atoms with Gasteiger partial charge in [0.2, 0.25) is 11.9 Å². The zero-order valence-electron chi connectivity index (χ0n) is 21.7. The Morgan fingerprint density at radius 3 is 2.20 bits per heavy atom. The first kappa shape index (κ1) is 26.1. The lowest BCUT2D eigenvalue weighted by Gasteiger charge is -2.35. The first-order chi connectivity index (χ1) is 19.5. The number of nitrogens with zero attached hydrogens (tertiary/aromatic N) is 6. The number of amides is 1. The van der Waals surface area contributed by atoms with Gasteiger partial charge in [0.15, 0.2) is 5.78 Å². The third kappa shape index (κ3) is 5.98. The number of carbonyl (C=O) groups is 2. The monoisotopic (exact) mass is 530 g/mol. The molecule has 0 aliphatic carbocycles. The van der Waals surface area contributed by atoms with Crippen LogP contribution in [0.4, 0.5) is 28.7 Å². The van der Waals surface area contributed by atoms with Gasteiger partial charge in [-0.2, -0.15) is 10.5 Å². The second-order valence-electron chi connectivity index (χ2n) is 9.27. The van der Waals surface area contributed by atoms with E-state index in [2.05, 4.69) is 20.5 Å². The number of fused-ring (bicyclic) bond motifs is 1. The maximum absolute atomic E-state index is 11.9. The number of benzene rings is 3. The number of para-hydroxylation sites is 1. The SMILES string of the molecule is N#CCC(=O)c1ccc(Nc2cccc3cnc(Nc4ccc(N5CCN(C(=O)CC#N)CC5)cc4)nc23)cc1. The summed E-state index contributed by atoms with van der Waals surface area (Å²) in [6.07, 6.45) is 1.55. The summed E-state index contributed by atoms with van der Waals surface area (Å²) in [5.41, 5.74) is 4.72. The zero-order chi connectivity index (χ0) is 27.9. The van der Waals surface area contributed by atoms with E-state index in [4.69, 9.17) is 15.5 Å². The molecular formula is C30H26N8O2. The van der Waals surface area contributed by atoms with Crippen LogP contribution in [-0.2, 0) is 4.79 Å². The van der Waals surface area contributed by atoms with Gasteiger partial charge in [0.25, 0.3) is 0 Å². The molecule has 5 rings (SSSR count). The Balaban J connectivity index is 1.26. The van der Waals surface area contributed by atoms with Crippen LogP contribution in [0.15, 0.2) is 72.9 Å². The first-order valence-electron chi connectivity index (χ1n) is 12.8. The molecule has 1 saturated heterocycles. The van der Waals surface area contributed by atoms with E-state index in [1.54, 1.807) is 35.4 Å². The van der Waals surface area contributed by atoms with Crippen LogP contribution in [0, 0.1) is 22.7 Å². The van der Waals surface area contributed by atoms with E-state index < -0.39 is 0 Å². The fourth-order valence-electron chi connectivity index (χ4n) is 4.56. The van der Waals surface area contributed by atoms with Gasteiger partial charge < -0.3 is 20.4 Å². The standard InChI is InChI=1S/C30H26N8O2/c31-14-12-27(39)21-4-6-23(7-5-21)34-26-3-1-2-22-20-33-30(36-29(22)26)35-24-8-10-25(11-9-24)37-16-18-38(19-17-37)28(40)13-15-32/h1-11,20,34H,12-13,16-19H2,(H,33,35,36). The number of Topliss-reactive ketones (excluding diaryl/α,β-unsaturated/α-hetero) is 1. The molecule has 0 spiro atoms. The molecule has 1 fully saturated rings. The van der Waals surface area contributed by atoms with Crippen molar-refractivity contribution in [3.63, 3.8) is 0 Å². The summed E-state index contributed by atoms with van der Waals surface area (Å²) < 4.78 is 0. The number of hydrogen-bond donors (Lipinski definition) is 2. The summed E-state index contributed by atoms with van der Waals surface area (Å²) in [5.74, 6) is 0.134. The molecule has 0 unspecified atom stereocenters. The lowest BCUT2D eigenvalue weighted by Crippen LogP contribution is -2.48. The summed E-state index contributed by atoms with van der Waals surface area (Å²) >= 11 is 0. The third-order valence-corrected chi connectivity index (χ3v) is 6.69. The van der Waals surface area contributed by atoms with Crippen molar-refractivity contribution in [1.82, 2.24) is 14.9 Å². The highest BCUT2D eigenvalue weighted by Crippen LogP contribution is 2.27. The Labute approximate surface area is 231 Å². The van der Waals surface area contributed by atoms with Crippen LogP contribution < -0.4 is 15.5 Å². The predicted molar refractivity (Wildman–Crippen MR) is 153 cm³/mol. The van der Waals surface area contributed by atoms with Crippen molar-refractivity contribution < 1.29 is 9.59 Å². The molecule has 1 aliphatic heterocycles. The van der Waals surface area contributed by atoms with E-state index in [9.17, 15) is 9.59 Å². The molecule has 0 saturated carbocycles. The lowest BCUT2D eigenvalue weighted by atomic mass is 10.1. The Bertz CT molecular complexity index is 1610. The van der Waals surface area contributed by atoms with Crippen molar-refractivity contribution in [3.05, 3.63) is 78.5 Å².